The molecule has 27 heavy (non-hydrogen) atoms. The number of aromatic nitrogens is 4. The smallest absolute Gasteiger partial charge is 0.424 e. The summed E-state index contributed by atoms with van der Waals surface area (Å²) in [6.07, 6.45) is 0.722. The van der Waals surface area contributed by atoms with E-state index in [-0.39, 0.29) is 11.8 Å². The van der Waals surface area contributed by atoms with Gasteiger partial charge in [0.1, 0.15) is 11.6 Å². The molecule has 0 aliphatic carbocycles. The Morgan fingerprint density at radius 1 is 0.889 bits per heavy atom. The van der Waals surface area contributed by atoms with Gasteiger partial charge in [-0.15, -0.1) is 0 Å². The van der Waals surface area contributed by atoms with Crippen molar-refractivity contribution in [2.75, 3.05) is 0 Å². The van der Waals surface area contributed by atoms with Gasteiger partial charge in [-0.3, -0.25) is 4.40 Å². The topological polar surface area (TPSA) is 52.3 Å². The lowest BCUT2D eigenvalue weighted by molar-refractivity contribution is -0.145. The molecule has 4 aromatic rings. The van der Waals surface area contributed by atoms with Gasteiger partial charge in [0.25, 0.3) is 0 Å². The van der Waals surface area contributed by atoms with Crippen LogP contribution < -0.4 is 4.74 Å². The minimum Gasteiger partial charge on any atom is -0.424 e. The third-order valence-corrected chi connectivity index (χ3v) is 3.75. The van der Waals surface area contributed by atoms with E-state index in [9.17, 15) is 17.6 Å². The molecule has 4 rings (SSSR count). The van der Waals surface area contributed by atoms with E-state index >= 15 is 0 Å². The second kappa shape index (κ2) is 6.35. The van der Waals surface area contributed by atoms with Crippen LogP contribution in [0.5, 0.6) is 11.8 Å². The molecule has 3 aromatic heterocycles. The monoisotopic (exact) mass is 374 g/mol. The predicted molar refractivity (Wildman–Crippen MR) is 87.7 cm³/mol. The van der Waals surface area contributed by atoms with Crippen LogP contribution in [0.15, 0.2) is 61.2 Å². The molecule has 0 spiro atoms. The van der Waals surface area contributed by atoms with Crippen molar-refractivity contribution in [2.24, 2.45) is 0 Å². The van der Waals surface area contributed by atoms with E-state index in [0.717, 1.165) is 10.6 Å². The van der Waals surface area contributed by atoms with E-state index in [4.69, 9.17) is 4.74 Å². The number of halogens is 4. The maximum absolute atomic E-state index is 13.2. The van der Waals surface area contributed by atoms with E-state index in [0.29, 0.717) is 16.6 Å². The molecular formula is C18H10F4N4O. The average Bonchev–Trinajstić information content (AvgIpc) is 3.06. The number of imidazole rings is 1. The van der Waals surface area contributed by atoms with Crippen LogP contribution in [0.2, 0.25) is 0 Å². The molecule has 0 bridgehead atoms. The van der Waals surface area contributed by atoms with Crippen LogP contribution in [0.25, 0.3) is 16.6 Å². The van der Waals surface area contributed by atoms with Crippen molar-refractivity contribution in [1.82, 2.24) is 19.4 Å². The summed E-state index contributed by atoms with van der Waals surface area (Å²) in [6, 6.07) is 8.65. The van der Waals surface area contributed by atoms with E-state index in [1.807, 2.05) is 0 Å². The van der Waals surface area contributed by atoms with Crippen LogP contribution in [0.1, 0.15) is 5.82 Å². The molecule has 0 aliphatic rings. The van der Waals surface area contributed by atoms with Gasteiger partial charge in [0.05, 0.1) is 11.7 Å². The van der Waals surface area contributed by atoms with Crippen molar-refractivity contribution >= 4 is 5.52 Å². The third kappa shape index (κ3) is 3.43. The summed E-state index contributed by atoms with van der Waals surface area (Å²) in [5.41, 5.74) is 1.28. The van der Waals surface area contributed by atoms with Crippen LogP contribution in [0, 0.1) is 5.82 Å². The van der Waals surface area contributed by atoms with Gasteiger partial charge in [0, 0.05) is 35.8 Å². The zero-order valence-corrected chi connectivity index (χ0v) is 13.5. The minimum atomic E-state index is -4.57. The van der Waals surface area contributed by atoms with Crippen LogP contribution >= 0.6 is 0 Å². The Balaban J connectivity index is 1.63. The fourth-order valence-electron chi connectivity index (χ4n) is 2.52. The number of rotatable bonds is 3. The number of pyridine rings is 1. The molecule has 0 amide bonds. The summed E-state index contributed by atoms with van der Waals surface area (Å²) in [5.74, 6) is -1.23. The summed E-state index contributed by atoms with van der Waals surface area (Å²) in [5, 5.41) is 0. The van der Waals surface area contributed by atoms with E-state index in [1.54, 1.807) is 12.1 Å². The number of ether oxygens (including phenoxy) is 1. The Kier molecular flexibility index (Phi) is 3.98. The number of alkyl halides is 3. The minimum absolute atomic E-state index is 0.0101. The second-order valence-electron chi connectivity index (χ2n) is 5.61. The molecular weight excluding hydrogens is 364 g/mol. The maximum Gasteiger partial charge on any atom is 0.450 e. The second-order valence-corrected chi connectivity index (χ2v) is 5.61. The summed E-state index contributed by atoms with van der Waals surface area (Å²) in [6.45, 7) is 0. The highest BCUT2D eigenvalue weighted by atomic mass is 19.4. The highest BCUT2D eigenvalue weighted by molar-refractivity contribution is 5.64. The molecule has 0 radical (unpaired) electrons. The molecule has 9 heteroatoms. The van der Waals surface area contributed by atoms with Crippen LogP contribution in [0.3, 0.4) is 0 Å². The summed E-state index contributed by atoms with van der Waals surface area (Å²) >= 11 is 0. The van der Waals surface area contributed by atoms with Crippen molar-refractivity contribution in [3.05, 3.63) is 72.8 Å². The van der Waals surface area contributed by atoms with Crippen LogP contribution in [-0.2, 0) is 6.18 Å². The number of benzene rings is 1. The van der Waals surface area contributed by atoms with E-state index in [1.165, 1.54) is 42.9 Å². The van der Waals surface area contributed by atoms with Gasteiger partial charge in [-0.2, -0.15) is 13.2 Å². The lowest BCUT2D eigenvalue weighted by Crippen LogP contribution is -2.10. The van der Waals surface area contributed by atoms with E-state index < -0.39 is 17.8 Å². The Morgan fingerprint density at radius 2 is 1.67 bits per heavy atom. The first-order chi connectivity index (χ1) is 12.9. The molecule has 0 N–H and O–H groups in total. The molecule has 136 valence electrons. The van der Waals surface area contributed by atoms with Crippen molar-refractivity contribution in [2.45, 2.75) is 6.18 Å². The fraction of sp³-hybridized carbons (Fsp3) is 0.0556. The zero-order valence-electron chi connectivity index (χ0n) is 13.5. The highest BCUT2D eigenvalue weighted by Crippen LogP contribution is 2.30. The molecule has 3 heterocycles. The molecule has 0 saturated heterocycles. The quantitative estimate of drug-likeness (QED) is 0.486. The van der Waals surface area contributed by atoms with Crippen LogP contribution in [-0.4, -0.2) is 19.4 Å². The summed E-state index contributed by atoms with van der Waals surface area (Å²) < 4.78 is 58.5. The summed E-state index contributed by atoms with van der Waals surface area (Å²) in [4.78, 5) is 11.5. The largest absolute Gasteiger partial charge is 0.450 e. The van der Waals surface area contributed by atoms with Gasteiger partial charge in [-0.1, -0.05) is 12.1 Å². The first-order valence-corrected chi connectivity index (χ1v) is 7.70. The van der Waals surface area contributed by atoms with Gasteiger partial charge in [0.2, 0.25) is 5.82 Å². The van der Waals surface area contributed by atoms with E-state index in [2.05, 4.69) is 15.0 Å². The normalized spacial score (nSPS) is 11.7. The van der Waals surface area contributed by atoms with Crippen molar-refractivity contribution in [1.29, 1.82) is 0 Å². The fourth-order valence-corrected chi connectivity index (χ4v) is 2.52. The molecule has 0 saturated carbocycles. The lowest BCUT2D eigenvalue weighted by atomic mass is 10.1. The maximum atomic E-state index is 13.2. The predicted octanol–water partition coefficient (Wildman–Crippen LogP) is 4.74. The molecule has 0 fully saturated rings. The Labute approximate surface area is 149 Å². The van der Waals surface area contributed by atoms with Crippen molar-refractivity contribution in [3.63, 3.8) is 0 Å². The first-order valence-electron chi connectivity index (χ1n) is 7.70. The molecule has 5 nitrogen and oxygen atoms in total. The SMILES string of the molecule is Fc1cccc(Oc2ncc(-c3ccc4cnc(C(F)(F)F)n4c3)cn2)c1. The number of nitrogens with zero attached hydrogens (tertiary/aromatic N) is 4. The van der Waals surface area contributed by atoms with Crippen LogP contribution in [0.4, 0.5) is 17.6 Å². The zero-order chi connectivity index (χ0) is 19.0. The molecule has 0 atom stereocenters. The van der Waals surface area contributed by atoms with Gasteiger partial charge < -0.3 is 4.74 Å². The molecule has 0 aliphatic heterocycles. The van der Waals surface area contributed by atoms with Crippen molar-refractivity contribution in [3.8, 4) is 22.9 Å². The summed E-state index contributed by atoms with van der Waals surface area (Å²) in [7, 11) is 0. The van der Waals surface area contributed by atoms with Gasteiger partial charge >= 0.3 is 12.2 Å². The lowest BCUT2D eigenvalue weighted by Gasteiger charge is -2.08. The Bertz CT molecular complexity index is 1110. The Morgan fingerprint density at radius 3 is 2.37 bits per heavy atom. The standard InChI is InChI=1S/C18H10F4N4O/c19-13-2-1-3-15(6-13)27-17-24-7-12(8-25-17)11-4-5-14-9-23-16(18(20,21)22)26(14)10-11/h1-10H. The molecule has 0 unspecified atom stereocenters. The first kappa shape index (κ1) is 17.0. The van der Waals surface area contributed by atoms with Crippen molar-refractivity contribution < 1.29 is 22.3 Å². The number of hydrogen-bond donors (Lipinski definition) is 0. The molecule has 1 aromatic carbocycles. The average molecular weight is 374 g/mol. The highest BCUT2D eigenvalue weighted by Gasteiger charge is 2.35. The number of hydrogen-bond acceptors (Lipinski definition) is 4. The van der Waals surface area contributed by atoms with Gasteiger partial charge in [0.15, 0.2) is 0 Å². The Hall–Kier alpha value is -3.49. The third-order valence-electron chi connectivity index (χ3n) is 3.75. The van der Waals surface area contributed by atoms with Gasteiger partial charge in [-0.25, -0.2) is 19.3 Å². The number of fused-ring (bicyclic) bond motifs is 1. The van der Waals surface area contributed by atoms with Gasteiger partial charge in [-0.05, 0) is 18.2 Å².